The van der Waals surface area contributed by atoms with Crippen molar-refractivity contribution in [1.29, 1.82) is 0 Å². The minimum absolute atomic E-state index is 0.119. The van der Waals surface area contributed by atoms with E-state index in [9.17, 15) is 9.59 Å². The number of aromatic amines is 1. The third-order valence-corrected chi connectivity index (χ3v) is 3.67. The summed E-state index contributed by atoms with van der Waals surface area (Å²) in [6.07, 6.45) is 5.89. The number of rotatable bonds is 2. The van der Waals surface area contributed by atoms with Gasteiger partial charge < -0.3 is 5.73 Å². The van der Waals surface area contributed by atoms with E-state index in [1.54, 1.807) is 0 Å². The Morgan fingerprint density at radius 1 is 1.35 bits per heavy atom. The van der Waals surface area contributed by atoms with Crippen LogP contribution in [0.1, 0.15) is 39.0 Å². The second-order valence-corrected chi connectivity index (χ2v) is 5.32. The highest BCUT2D eigenvalue weighted by molar-refractivity contribution is 5.26. The van der Waals surface area contributed by atoms with Crippen molar-refractivity contribution in [1.82, 2.24) is 9.55 Å². The summed E-state index contributed by atoms with van der Waals surface area (Å²) in [7, 11) is 0. The van der Waals surface area contributed by atoms with Gasteiger partial charge in [0.05, 0.1) is 0 Å². The van der Waals surface area contributed by atoms with Gasteiger partial charge in [0.25, 0.3) is 5.56 Å². The average molecular weight is 237 g/mol. The fourth-order valence-corrected chi connectivity index (χ4v) is 2.65. The minimum Gasteiger partial charge on any atom is -0.385 e. The first-order valence-corrected chi connectivity index (χ1v) is 6.10. The molecule has 1 fully saturated rings. The SMILES string of the molecule is CC1(Cn2c(N)cc(=O)[nH]c2=O)CCCCC1. The van der Waals surface area contributed by atoms with Crippen LogP contribution in [0.2, 0.25) is 0 Å². The highest BCUT2D eigenvalue weighted by Crippen LogP contribution is 2.37. The van der Waals surface area contributed by atoms with Gasteiger partial charge in [0.1, 0.15) is 5.82 Å². The number of hydrogen-bond acceptors (Lipinski definition) is 3. The van der Waals surface area contributed by atoms with E-state index in [2.05, 4.69) is 11.9 Å². The van der Waals surface area contributed by atoms with E-state index in [0.29, 0.717) is 6.54 Å². The molecule has 0 aromatic carbocycles. The Labute approximate surface area is 99.7 Å². The summed E-state index contributed by atoms with van der Waals surface area (Å²) in [5, 5.41) is 0. The molecule has 1 aliphatic carbocycles. The van der Waals surface area contributed by atoms with Gasteiger partial charge in [-0.05, 0) is 18.3 Å². The maximum atomic E-state index is 11.7. The van der Waals surface area contributed by atoms with Gasteiger partial charge in [-0.25, -0.2) is 4.79 Å². The highest BCUT2D eigenvalue weighted by atomic mass is 16.2. The van der Waals surface area contributed by atoms with Gasteiger partial charge in [-0.2, -0.15) is 0 Å². The molecule has 1 aromatic heterocycles. The number of nitrogens with two attached hydrogens (primary N) is 1. The number of nitrogen functional groups attached to an aromatic ring is 1. The van der Waals surface area contributed by atoms with E-state index in [-0.39, 0.29) is 11.2 Å². The zero-order chi connectivity index (χ0) is 12.5. The maximum absolute atomic E-state index is 11.7. The van der Waals surface area contributed by atoms with Gasteiger partial charge >= 0.3 is 5.69 Å². The molecule has 0 saturated heterocycles. The van der Waals surface area contributed by atoms with Crippen molar-refractivity contribution in [2.24, 2.45) is 5.41 Å². The molecule has 1 aliphatic rings. The second-order valence-electron chi connectivity index (χ2n) is 5.32. The number of nitrogens with one attached hydrogen (secondary N) is 1. The quantitative estimate of drug-likeness (QED) is 0.807. The molecule has 0 bridgehead atoms. The summed E-state index contributed by atoms with van der Waals surface area (Å²) in [4.78, 5) is 25.0. The van der Waals surface area contributed by atoms with Crippen molar-refractivity contribution in [3.8, 4) is 0 Å². The molecule has 17 heavy (non-hydrogen) atoms. The molecule has 0 aliphatic heterocycles. The molecular formula is C12H19N3O2. The van der Waals surface area contributed by atoms with E-state index in [1.165, 1.54) is 29.9 Å². The molecule has 3 N–H and O–H groups in total. The molecule has 1 aromatic rings. The van der Waals surface area contributed by atoms with Crippen LogP contribution in [0.15, 0.2) is 15.7 Å². The summed E-state index contributed by atoms with van der Waals surface area (Å²) in [5.74, 6) is 0.255. The number of hydrogen-bond donors (Lipinski definition) is 2. The number of H-pyrrole nitrogens is 1. The third kappa shape index (κ3) is 2.60. The summed E-state index contributed by atoms with van der Waals surface area (Å²) < 4.78 is 1.48. The third-order valence-electron chi connectivity index (χ3n) is 3.67. The van der Waals surface area contributed by atoms with E-state index in [0.717, 1.165) is 12.8 Å². The lowest BCUT2D eigenvalue weighted by Gasteiger charge is -2.34. The van der Waals surface area contributed by atoms with Crippen LogP contribution in [-0.2, 0) is 6.54 Å². The van der Waals surface area contributed by atoms with Crippen molar-refractivity contribution < 1.29 is 0 Å². The topological polar surface area (TPSA) is 80.9 Å². The van der Waals surface area contributed by atoms with E-state index >= 15 is 0 Å². The van der Waals surface area contributed by atoms with Gasteiger partial charge in [-0.15, -0.1) is 0 Å². The smallest absolute Gasteiger partial charge is 0.329 e. The van der Waals surface area contributed by atoms with Crippen LogP contribution in [0.4, 0.5) is 5.82 Å². The molecule has 5 heteroatoms. The van der Waals surface area contributed by atoms with Gasteiger partial charge in [-0.1, -0.05) is 26.2 Å². The molecule has 94 valence electrons. The second kappa shape index (κ2) is 4.39. The van der Waals surface area contributed by atoms with E-state index in [4.69, 9.17) is 5.73 Å². The van der Waals surface area contributed by atoms with Crippen molar-refractivity contribution in [3.63, 3.8) is 0 Å². The van der Waals surface area contributed by atoms with Crippen molar-refractivity contribution in [3.05, 3.63) is 26.9 Å². The summed E-state index contributed by atoms with van der Waals surface area (Å²) >= 11 is 0. The van der Waals surface area contributed by atoms with Crippen LogP contribution in [0.25, 0.3) is 0 Å². The molecule has 0 radical (unpaired) electrons. The molecule has 1 saturated carbocycles. The first-order valence-electron chi connectivity index (χ1n) is 6.10. The highest BCUT2D eigenvalue weighted by Gasteiger charge is 2.28. The predicted octanol–water partition coefficient (Wildman–Crippen LogP) is 1.09. The molecule has 0 unspecified atom stereocenters. The fourth-order valence-electron chi connectivity index (χ4n) is 2.65. The van der Waals surface area contributed by atoms with E-state index in [1.807, 2.05) is 0 Å². The first kappa shape index (κ1) is 12.0. The van der Waals surface area contributed by atoms with Crippen LogP contribution in [-0.4, -0.2) is 9.55 Å². The number of anilines is 1. The lowest BCUT2D eigenvalue weighted by Crippen LogP contribution is -2.37. The Kier molecular flexibility index (Phi) is 3.09. The monoisotopic (exact) mass is 237 g/mol. The summed E-state index contributed by atoms with van der Waals surface area (Å²) in [6.45, 7) is 2.78. The summed E-state index contributed by atoms with van der Waals surface area (Å²) in [6, 6.07) is 1.27. The minimum atomic E-state index is -0.433. The average Bonchev–Trinajstić information content (AvgIpc) is 2.24. The van der Waals surface area contributed by atoms with Gasteiger partial charge in [0, 0.05) is 12.6 Å². The van der Waals surface area contributed by atoms with Gasteiger partial charge in [0.2, 0.25) is 0 Å². The Hall–Kier alpha value is -1.52. The first-order chi connectivity index (χ1) is 8.00. The van der Waals surface area contributed by atoms with Gasteiger partial charge in [0.15, 0.2) is 0 Å². The zero-order valence-corrected chi connectivity index (χ0v) is 10.2. The fraction of sp³-hybridized carbons (Fsp3) is 0.667. The normalized spacial score (nSPS) is 19.1. The Morgan fingerprint density at radius 2 is 2.00 bits per heavy atom. The van der Waals surface area contributed by atoms with Crippen LogP contribution in [0, 0.1) is 5.41 Å². The van der Waals surface area contributed by atoms with Crippen LogP contribution in [0.3, 0.4) is 0 Å². The lowest BCUT2D eigenvalue weighted by atomic mass is 9.75. The van der Waals surface area contributed by atoms with Crippen molar-refractivity contribution in [2.75, 3.05) is 5.73 Å². The van der Waals surface area contributed by atoms with Crippen molar-refractivity contribution >= 4 is 5.82 Å². The Bertz CT molecular complexity index is 509. The predicted molar refractivity (Wildman–Crippen MR) is 66.9 cm³/mol. The Balaban J connectivity index is 2.29. The van der Waals surface area contributed by atoms with Crippen molar-refractivity contribution in [2.45, 2.75) is 45.6 Å². The molecular weight excluding hydrogens is 218 g/mol. The van der Waals surface area contributed by atoms with Crippen LogP contribution < -0.4 is 17.0 Å². The van der Waals surface area contributed by atoms with Crippen LogP contribution in [0.5, 0.6) is 0 Å². The molecule has 2 rings (SSSR count). The molecule has 5 nitrogen and oxygen atoms in total. The molecule has 0 atom stereocenters. The largest absolute Gasteiger partial charge is 0.385 e. The molecule has 1 heterocycles. The standard InChI is InChI=1S/C12H19N3O2/c1-12(5-3-2-4-6-12)8-15-9(13)7-10(16)14-11(15)17/h7H,2-6,8,13H2,1H3,(H,14,16,17). The lowest BCUT2D eigenvalue weighted by molar-refractivity contribution is 0.181. The Morgan fingerprint density at radius 3 is 2.59 bits per heavy atom. The zero-order valence-electron chi connectivity index (χ0n) is 10.2. The van der Waals surface area contributed by atoms with E-state index < -0.39 is 11.2 Å². The number of nitrogens with zero attached hydrogens (tertiary/aromatic N) is 1. The molecule has 0 amide bonds. The molecule has 0 spiro atoms. The summed E-state index contributed by atoms with van der Waals surface area (Å²) in [5.41, 5.74) is 5.03. The van der Waals surface area contributed by atoms with Gasteiger partial charge in [-0.3, -0.25) is 14.3 Å². The maximum Gasteiger partial charge on any atom is 0.329 e. The van der Waals surface area contributed by atoms with Crippen LogP contribution >= 0.6 is 0 Å². The number of aromatic nitrogens is 2.